The average Bonchev–Trinajstić information content (AvgIpc) is 3.05. The number of nitrogens with zero attached hydrogens (tertiary/aromatic N) is 2. The average molecular weight is 423 g/mol. The summed E-state index contributed by atoms with van der Waals surface area (Å²) < 4.78 is 5.35. The predicted octanol–water partition coefficient (Wildman–Crippen LogP) is 5.82. The van der Waals surface area contributed by atoms with Crippen LogP contribution in [0.3, 0.4) is 0 Å². The van der Waals surface area contributed by atoms with Crippen molar-refractivity contribution in [3.8, 4) is 5.75 Å². The molecule has 2 atom stereocenters. The third kappa shape index (κ3) is 3.85. The van der Waals surface area contributed by atoms with Crippen LogP contribution in [0.5, 0.6) is 5.75 Å². The molecule has 4 rings (SSSR count). The van der Waals surface area contributed by atoms with Gasteiger partial charge in [-0.25, -0.2) is 0 Å². The van der Waals surface area contributed by atoms with Crippen LogP contribution in [0.15, 0.2) is 48.5 Å². The molecular weight excluding hydrogens is 388 g/mol. The van der Waals surface area contributed by atoms with Crippen molar-refractivity contribution < 1.29 is 14.4 Å². The largest absolute Gasteiger partial charge is 0.497 e. The lowest BCUT2D eigenvalue weighted by Gasteiger charge is -2.52. The minimum Gasteiger partial charge on any atom is -0.497 e. The highest BCUT2D eigenvalue weighted by atomic mass is 16.7. The molecule has 1 amide bonds. The fourth-order valence-corrected chi connectivity index (χ4v) is 5.38. The zero-order valence-corrected chi connectivity index (χ0v) is 19.5. The molecule has 5 nitrogen and oxygen atoms in total. The maximum Gasteiger partial charge on any atom is 0.224 e. The molecule has 1 fully saturated rings. The summed E-state index contributed by atoms with van der Waals surface area (Å²) >= 11 is 0. The van der Waals surface area contributed by atoms with Crippen LogP contribution >= 0.6 is 0 Å². The first-order chi connectivity index (χ1) is 14.7. The van der Waals surface area contributed by atoms with E-state index in [1.165, 1.54) is 6.42 Å². The van der Waals surface area contributed by atoms with E-state index in [4.69, 9.17) is 9.57 Å². The number of hydrogen-bond acceptors (Lipinski definition) is 4. The molecule has 0 N–H and O–H groups in total. The first kappa shape index (κ1) is 21.8. The van der Waals surface area contributed by atoms with Gasteiger partial charge in [-0.1, -0.05) is 30.3 Å². The molecule has 2 aromatic rings. The topological polar surface area (TPSA) is 42.0 Å². The third-order valence-corrected chi connectivity index (χ3v) is 6.76. The Bertz CT molecular complexity index is 935. The number of piperidine rings is 1. The lowest BCUT2D eigenvalue weighted by molar-refractivity contribution is -0.309. The summed E-state index contributed by atoms with van der Waals surface area (Å²) in [7, 11) is 1.66. The Morgan fingerprint density at radius 1 is 0.968 bits per heavy atom. The molecule has 0 bridgehead atoms. The molecule has 0 aromatic heterocycles. The monoisotopic (exact) mass is 422 g/mol. The summed E-state index contributed by atoms with van der Waals surface area (Å²) in [6.45, 7) is 10.6. The Labute approximate surface area is 185 Å². The summed E-state index contributed by atoms with van der Waals surface area (Å²) in [5.74, 6) is 0.806. The molecule has 0 aliphatic carbocycles. The molecule has 31 heavy (non-hydrogen) atoms. The number of para-hydroxylation sites is 1. The number of anilines is 1. The van der Waals surface area contributed by atoms with E-state index >= 15 is 0 Å². The number of fused-ring (bicyclic) bond motifs is 1. The van der Waals surface area contributed by atoms with E-state index in [0.29, 0.717) is 0 Å². The van der Waals surface area contributed by atoms with Crippen LogP contribution in [-0.4, -0.2) is 29.2 Å². The fraction of sp³-hybridized carbons (Fsp3) is 0.500. The molecule has 1 saturated heterocycles. The van der Waals surface area contributed by atoms with Gasteiger partial charge in [0.05, 0.1) is 18.8 Å². The van der Waals surface area contributed by atoms with Gasteiger partial charge in [0.2, 0.25) is 5.91 Å². The molecule has 0 spiro atoms. The van der Waals surface area contributed by atoms with E-state index in [2.05, 4.69) is 38.8 Å². The number of benzene rings is 2. The molecule has 2 aromatic carbocycles. The number of methoxy groups -OCH3 is 1. The van der Waals surface area contributed by atoms with Crippen LogP contribution in [0, 0.1) is 0 Å². The second-order valence-electron chi connectivity index (χ2n) is 9.96. The van der Waals surface area contributed by atoms with Crippen molar-refractivity contribution in [3.05, 3.63) is 59.7 Å². The van der Waals surface area contributed by atoms with Crippen molar-refractivity contribution in [3.63, 3.8) is 0 Å². The number of hydroxylamine groups is 2. The highest BCUT2D eigenvalue weighted by Gasteiger charge is 2.49. The van der Waals surface area contributed by atoms with Crippen LogP contribution in [0.1, 0.15) is 77.2 Å². The van der Waals surface area contributed by atoms with E-state index in [0.717, 1.165) is 35.4 Å². The molecule has 0 radical (unpaired) electrons. The minimum absolute atomic E-state index is 0.0107. The number of carbonyl (C=O) groups is 1. The second-order valence-corrected chi connectivity index (χ2v) is 9.96. The summed E-state index contributed by atoms with van der Waals surface area (Å²) in [6.07, 6.45) is 3.05. The van der Waals surface area contributed by atoms with Crippen molar-refractivity contribution in [2.45, 2.75) is 77.1 Å². The number of carbonyl (C=O) groups excluding carboxylic acids is 1. The smallest absolute Gasteiger partial charge is 0.224 e. The van der Waals surface area contributed by atoms with Gasteiger partial charge < -0.3 is 9.64 Å². The molecule has 5 heteroatoms. The van der Waals surface area contributed by atoms with E-state index in [1.807, 2.05) is 47.4 Å². The molecule has 0 unspecified atom stereocenters. The van der Waals surface area contributed by atoms with Gasteiger partial charge in [-0.05, 0) is 70.7 Å². The Morgan fingerprint density at radius 2 is 1.58 bits per heavy atom. The van der Waals surface area contributed by atoms with E-state index in [1.54, 1.807) is 14.0 Å². The first-order valence-electron chi connectivity index (χ1n) is 11.2. The quantitative estimate of drug-likeness (QED) is 0.623. The molecule has 2 heterocycles. The van der Waals surface area contributed by atoms with E-state index in [-0.39, 0.29) is 29.1 Å². The van der Waals surface area contributed by atoms with Crippen molar-refractivity contribution in [1.82, 2.24) is 5.06 Å². The Kier molecular flexibility index (Phi) is 5.61. The van der Waals surface area contributed by atoms with Gasteiger partial charge in [0.25, 0.3) is 0 Å². The Hall–Kier alpha value is -2.37. The normalized spacial score (nSPS) is 24.6. The number of amides is 1. The predicted molar refractivity (Wildman–Crippen MR) is 123 cm³/mol. The molecular formula is C26H34N2O3. The molecule has 2 aliphatic heterocycles. The summed E-state index contributed by atoms with van der Waals surface area (Å²) in [5.41, 5.74) is 2.82. The maximum absolute atomic E-state index is 12.8. The van der Waals surface area contributed by atoms with Crippen LogP contribution in [0.4, 0.5) is 5.69 Å². The van der Waals surface area contributed by atoms with Gasteiger partial charge in [0.15, 0.2) is 0 Å². The Balaban J connectivity index is 1.81. The highest BCUT2D eigenvalue weighted by Crippen LogP contribution is 2.52. The van der Waals surface area contributed by atoms with Crippen molar-refractivity contribution in [1.29, 1.82) is 0 Å². The SMILES string of the molecule is COc1ccc([C@@H]2[C@@H](ON3C(C)(C)CCCC3(C)C)c3ccccc3N2C(C)=O)cc1. The lowest BCUT2D eigenvalue weighted by atomic mass is 9.82. The van der Waals surface area contributed by atoms with Crippen LogP contribution in [0.25, 0.3) is 0 Å². The van der Waals surface area contributed by atoms with E-state index < -0.39 is 0 Å². The van der Waals surface area contributed by atoms with Gasteiger partial charge in [-0.15, -0.1) is 0 Å². The zero-order chi connectivity index (χ0) is 22.4. The van der Waals surface area contributed by atoms with Crippen molar-refractivity contribution in [2.75, 3.05) is 12.0 Å². The summed E-state index contributed by atoms with van der Waals surface area (Å²) in [5, 5.41) is 2.20. The summed E-state index contributed by atoms with van der Waals surface area (Å²) in [6, 6.07) is 15.8. The van der Waals surface area contributed by atoms with Crippen LogP contribution < -0.4 is 9.64 Å². The standard InChI is InChI=1S/C26H34N2O3/c1-18(29)27-22-11-8-7-10-21(22)24(23(27)19-12-14-20(30-6)15-13-19)31-28-25(2,3)16-9-17-26(28,4)5/h7-8,10-15,23-24H,9,16-17H2,1-6H3/t23-,24+/m1/s1. The van der Waals surface area contributed by atoms with Gasteiger partial charge in [0.1, 0.15) is 11.9 Å². The molecule has 166 valence electrons. The molecule has 2 aliphatic rings. The van der Waals surface area contributed by atoms with Gasteiger partial charge >= 0.3 is 0 Å². The van der Waals surface area contributed by atoms with Gasteiger partial charge in [-0.2, -0.15) is 5.06 Å². The van der Waals surface area contributed by atoms with Gasteiger partial charge in [-0.3, -0.25) is 9.63 Å². The third-order valence-electron chi connectivity index (χ3n) is 6.76. The zero-order valence-electron chi connectivity index (χ0n) is 19.5. The number of hydrogen-bond donors (Lipinski definition) is 0. The van der Waals surface area contributed by atoms with Gasteiger partial charge in [0, 0.05) is 23.6 Å². The highest BCUT2D eigenvalue weighted by molar-refractivity contribution is 5.95. The second kappa shape index (κ2) is 7.95. The van der Waals surface area contributed by atoms with Crippen LogP contribution in [0.2, 0.25) is 0 Å². The van der Waals surface area contributed by atoms with Crippen LogP contribution in [-0.2, 0) is 9.63 Å². The fourth-order valence-electron chi connectivity index (χ4n) is 5.38. The minimum atomic E-state index is -0.287. The van der Waals surface area contributed by atoms with Crippen molar-refractivity contribution >= 4 is 11.6 Å². The van der Waals surface area contributed by atoms with Crippen molar-refractivity contribution in [2.24, 2.45) is 0 Å². The number of ether oxygens (including phenoxy) is 1. The molecule has 0 saturated carbocycles. The lowest BCUT2D eigenvalue weighted by Crippen LogP contribution is -2.58. The Morgan fingerprint density at radius 3 is 2.16 bits per heavy atom. The maximum atomic E-state index is 12.8. The summed E-state index contributed by atoms with van der Waals surface area (Å²) in [4.78, 5) is 21.6. The number of rotatable bonds is 4. The first-order valence-corrected chi connectivity index (χ1v) is 11.2. The van der Waals surface area contributed by atoms with E-state index in [9.17, 15) is 4.79 Å².